The molecule has 0 bridgehead atoms. The van der Waals surface area contributed by atoms with Crippen molar-refractivity contribution in [3.8, 4) is 11.5 Å². The summed E-state index contributed by atoms with van der Waals surface area (Å²) in [5, 5.41) is 9.35. The zero-order valence-corrected chi connectivity index (χ0v) is 19.9. The molecular weight excluding hydrogens is 408 g/mol. The van der Waals surface area contributed by atoms with E-state index in [1.54, 1.807) is 24.3 Å². The van der Waals surface area contributed by atoms with Gasteiger partial charge in [-0.05, 0) is 68.3 Å². The fraction of sp³-hybridized carbons (Fsp3) is 0.538. The number of sulfone groups is 1. The fourth-order valence-corrected chi connectivity index (χ4v) is 4.93. The molecule has 0 aliphatic heterocycles. The van der Waals surface area contributed by atoms with Gasteiger partial charge in [0.1, 0.15) is 11.5 Å². The predicted molar refractivity (Wildman–Crippen MR) is 127 cm³/mol. The molecule has 0 amide bonds. The number of hydrogen-bond donors (Lipinski definition) is 1. The van der Waals surface area contributed by atoms with E-state index < -0.39 is 9.84 Å². The van der Waals surface area contributed by atoms with E-state index in [9.17, 15) is 13.5 Å². The normalized spacial score (nSPS) is 12.6. The second-order valence-electron chi connectivity index (χ2n) is 8.37. The Bertz CT molecular complexity index is 842. The third kappa shape index (κ3) is 8.94. The van der Waals surface area contributed by atoms with Crippen LogP contribution >= 0.6 is 0 Å². The van der Waals surface area contributed by atoms with Gasteiger partial charge in [-0.15, -0.1) is 0 Å². The number of benzene rings is 2. The molecule has 1 N–H and O–H groups in total. The highest BCUT2D eigenvalue weighted by Crippen LogP contribution is 2.25. The fourth-order valence-electron chi connectivity index (χ4n) is 3.67. The van der Waals surface area contributed by atoms with Crippen LogP contribution in [0.5, 0.6) is 11.5 Å². The van der Waals surface area contributed by atoms with Gasteiger partial charge in [-0.3, -0.25) is 0 Å². The summed E-state index contributed by atoms with van der Waals surface area (Å²) in [5.41, 5.74) is 0. The lowest BCUT2D eigenvalue weighted by atomic mass is 10.0. The van der Waals surface area contributed by atoms with Crippen LogP contribution in [0.2, 0.25) is 0 Å². The molecule has 0 saturated carbocycles. The van der Waals surface area contributed by atoms with Gasteiger partial charge in [0.05, 0.1) is 15.9 Å². The molecule has 0 radical (unpaired) electrons. The molecular formula is C26H38O4S. The van der Waals surface area contributed by atoms with Crippen molar-refractivity contribution in [3.05, 3.63) is 48.5 Å². The Balaban J connectivity index is 1.68. The zero-order chi connectivity index (χ0) is 22.5. The highest BCUT2D eigenvalue weighted by Gasteiger charge is 2.17. The average Bonchev–Trinajstić information content (AvgIpc) is 2.76. The maximum Gasteiger partial charge on any atom is 0.206 e. The van der Waals surface area contributed by atoms with Crippen molar-refractivity contribution in [2.45, 2.75) is 100 Å². The van der Waals surface area contributed by atoms with Crippen molar-refractivity contribution in [1.82, 2.24) is 0 Å². The SMILES string of the molecule is CCCCCCCCCCCCC(C)Oc1ccc(S(=O)(=O)c2ccc(O)cc2)cc1. The zero-order valence-electron chi connectivity index (χ0n) is 19.1. The lowest BCUT2D eigenvalue weighted by Gasteiger charge is -2.15. The molecule has 1 atom stereocenters. The molecule has 4 nitrogen and oxygen atoms in total. The van der Waals surface area contributed by atoms with Gasteiger partial charge in [-0.25, -0.2) is 8.42 Å². The molecule has 2 aromatic rings. The Morgan fingerprint density at radius 1 is 0.742 bits per heavy atom. The first-order valence-corrected chi connectivity index (χ1v) is 13.2. The van der Waals surface area contributed by atoms with Crippen LogP contribution in [-0.4, -0.2) is 19.6 Å². The van der Waals surface area contributed by atoms with E-state index in [-0.39, 0.29) is 21.6 Å². The number of hydrogen-bond acceptors (Lipinski definition) is 4. The Morgan fingerprint density at radius 3 is 1.71 bits per heavy atom. The third-order valence-corrected chi connectivity index (χ3v) is 7.37. The third-order valence-electron chi connectivity index (χ3n) is 5.58. The second-order valence-corrected chi connectivity index (χ2v) is 10.3. The summed E-state index contributed by atoms with van der Waals surface area (Å²) >= 11 is 0. The van der Waals surface area contributed by atoms with E-state index in [0.717, 1.165) is 12.8 Å². The first kappa shape index (κ1) is 25.3. The van der Waals surface area contributed by atoms with E-state index in [4.69, 9.17) is 4.74 Å². The van der Waals surface area contributed by atoms with Gasteiger partial charge in [0, 0.05) is 0 Å². The van der Waals surface area contributed by atoms with Crippen molar-refractivity contribution >= 4 is 9.84 Å². The smallest absolute Gasteiger partial charge is 0.206 e. The first-order valence-electron chi connectivity index (χ1n) is 11.7. The molecule has 0 aromatic heterocycles. The quantitative estimate of drug-likeness (QED) is 0.291. The Kier molecular flexibility index (Phi) is 10.9. The summed E-state index contributed by atoms with van der Waals surface area (Å²) in [4.78, 5) is 0.376. The number of unbranched alkanes of at least 4 members (excludes halogenated alkanes) is 9. The Hall–Kier alpha value is -2.01. The molecule has 0 aliphatic carbocycles. The standard InChI is InChI=1S/C26H38O4S/c1-3-4-5-6-7-8-9-10-11-12-13-22(2)30-24-16-20-26(21-17-24)31(28,29)25-18-14-23(27)15-19-25/h14-22,27H,3-13H2,1-2H3. The van der Waals surface area contributed by atoms with Crippen LogP contribution < -0.4 is 4.74 Å². The molecule has 172 valence electrons. The molecule has 0 aliphatic rings. The Labute approximate surface area is 188 Å². The van der Waals surface area contributed by atoms with E-state index in [2.05, 4.69) is 13.8 Å². The van der Waals surface area contributed by atoms with E-state index >= 15 is 0 Å². The van der Waals surface area contributed by atoms with Gasteiger partial charge in [-0.2, -0.15) is 0 Å². The highest BCUT2D eigenvalue weighted by molar-refractivity contribution is 7.91. The monoisotopic (exact) mass is 446 g/mol. The first-order chi connectivity index (χ1) is 14.9. The molecule has 0 heterocycles. The summed E-state index contributed by atoms with van der Waals surface area (Å²) in [6.45, 7) is 4.32. The maximum absolute atomic E-state index is 12.7. The van der Waals surface area contributed by atoms with Crippen LogP contribution in [-0.2, 0) is 9.84 Å². The van der Waals surface area contributed by atoms with Crippen LogP contribution in [0.25, 0.3) is 0 Å². The van der Waals surface area contributed by atoms with Crippen molar-refractivity contribution in [3.63, 3.8) is 0 Å². The highest BCUT2D eigenvalue weighted by atomic mass is 32.2. The minimum absolute atomic E-state index is 0.0408. The summed E-state index contributed by atoms with van der Waals surface area (Å²) < 4.78 is 31.3. The Morgan fingerprint density at radius 2 is 1.19 bits per heavy atom. The number of phenolic OH excluding ortho intramolecular Hbond substituents is 1. The predicted octanol–water partition coefficient (Wildman–Crippen LogP) is 7.30. The lowest BCUT2D eigenvalue weighted by molar-refractivity contribution is 0.206. The van der Waals surface area contributed by atoms with E-state index in [0.29, 0.717) is 5.75 Å². The van der Waals surface area contributed by atoms with Gasteiger partial charge >= 0.3 is 0 Å². The number of phenols is 1. The van der Waals surface area contributed by atoms with Crippen LogP contribution in [0, 0.1) is 0 Å². The molecule has 0 spiro atoms. The van der Waals surface area contributed by atoms with Crippen molar-refractivity contribution in [2.24, 2.45) is 0 Å². The van der Waals surface area contributed by atoms with Gasteiger partial charge in [-0.1, -0.05) is 64.7 Å². The van der Waals surface area contributed by atoms with Gasteiger partial charge in [0.25, 0.3) is 0 Å². The van der Waals surface area contributed by atoms with Gasteiger partial charge in [0.2, 0.25) is 9.84 Å². The molecule has 0 fully saturated rings. The summed E-state index contributed by atoms with van der Waals surface area (Å²) in [5.74, 6) is 0.725. The molecule has 5 heteroatoms. The van der Waals surface area contributed by atoms with Crippen molar-refractivity contribution in [1.29, 1.82) is 0 Å². The topological polar surface area (TPSA) is 63.6 Å². The number of ether oxygens (including phenoxy) is 1. The van der Waals surface area contributed by atoms with E-state index in [1.165, 1.54) is 82.1 Å². The van der Waals surface area contributed by atoms with Crippen LogP contribution in [0.1, 0.15) is 84.5 Å². The van der Waals surface area contributed by atoms with Gasteiger partial charge in [0.15, 0.2) is 0 Å². The molecule has 1 unspecified atom stereocenters. The number of rotatable bonds is 15. The minimum atomic E-state index is -3.60. The lowest BCUT2D eigenvalue weighted by Crippen LogP contribution is -2.11. The van der Waals surface area contributed by atoms with Crippen molar-refractivity contribution < 1.29 is 18.3 Å². The van der Waals surface area contributed by atoms with Crippen LogP contribution in [0.3, 0.4) is 0 Å². The molecule has 2 rings (SSSR count). The van der Waals surface area contributed by atoms with Crippen LogP contribution in [0.15, 0.2) is 58.3 Å². The molecule has 0 saturated heterocycles. The van der Waals surface area contributed by atoms with Gasteiger partial charge < -0.3 is 9.84 Å². The second kappa shape index (κ2) is 13.4. The number of aromatic hydroxyl groups is 1. The maximum atomic E-state index is 12.7. The van der Waals surface area contributed by atoms with Crippen molar-refractivity contribution in [2.75, 3.05) is 0 Å². The summed E-state index contributed by atoms with van der Waals surface area (Å²) in [7, 11) is -3.60. The molecule has 31 heavy (non-hydrogen) atoms. The summed E-state index contributed by atoms with van der Waals surface area (Å²) in [6.07, 6.45) is 14.3. The largest absolute Gasteiger partial charge is 0.508 e. The summed E-state index contributed by atoms with van der Waals surface area (Å²) in [6, 6.07) is 12.1. The molecule has 2 aromatic carbocycles. The minimum Gasteiger partial charge on any atom is -0.508 e. The van der Waals surface area contributed by atoms with E-state index in [1.807, 2.05) is 0 Å². The van der Waals surface area contributed by atoms with Crippen LogP contribution in [0.4, 0.5) is 0 Å². The average molecular weight is 447 g/mol.